The molecule has 1 heterocycles. The van der Waals surface area contributed by atoms with Gasteiger partial charge < -0.3 is 5.32 Å². The highest BCUT2D eigenvalue weighted by molar-refractivity contribution is 7.09. The standard InChI is InChI=1S/C11H11FN4OS/c1-6-3-4-9(8(12)5-6)14-10(17)15-11-13-7(2)16-18-11/h3-5H,1-2H3,(H2,13,14,15,16,17). The molecule has 7 heteroatoms. The molecule has 0 radical (unpaired) electrons. The molecule has 0 aliphatic heterocycles. The summed E-state index contributed by atoms with van der Waals surface area (Å²) in [6, 6.07) is 4.03. The van der Waals surface area contributed by atoms with E-state index in [1.54, 1.807) is 19.9 Å². The fourth-order valence-corrected chi connectivity index (χ4v) is 1.89. The van der Waals surface area contributed by atoms with E-state index >= 15 is 0 Å². The number of carbonyl (C=O) groups is 1. The van der Waals surface area contributed by atoms with Crippen LogP contribution < -0.4 is 10.6 Å². The minimum absolute atomic E-state index is 0.124. The van der Waals surface area contributed by atoms with Crippen molar-refractivity contribution < 1.29 is 9.18 Å². The molecule has 18 heavy (non-hydrogen) atoms. The van der Waals surface area contributed by atoms with E-state index in [4.69, 9.17) is 0 Å². The summed E-state index contributed by atoms with van der Waals surface area (Å²) < 4.78 is 17.4. The maximum Gasteiger partial charge on any atom is 0.325 e. The molecule has 0 spiro atoms. The molecular formula is C11H11FN4OS. The van der Waals surface area contributed by atoms with Gasteiger partial charge in [0, 0.05) is 11.5 Å². The van der Waals surface area contributed by atoms with Crippen molar-refractivity contribution in [2.24, 2.45) is 0 Å². The van der Waals surface area contributed by atoms with Crippen molar-refractivity contribution in [1.82, 2.24) is 9.36 Å². The lowest BCUT2D eigenvalue weighted by Gasteiger charge is -2.06. The average Bonchev–Trinajstić information content (AvgIpc) is 2.68. The summed E-state index contributed by atoms with van der Waals surface area (Å²) in [7, 11) is 0. The number of benzene rings is 1. The third-order valence-electron chi connectivity index (χ3n) is 2.12. The van der Waals surface area contributed by atoms with Gasteiger partial charge in [-0.3, -0.25) is 5.32 Å². The summed E-state index contributed by atoms with van der Waals surface area (Å²) in [6.45, 7) is 3.50. The predicted octanol–water partition coefficient (Wildman–Crippen LogP) is 2.94. The molecule has 2 amide bonds. The van der Waals surface area contributed by atoms with Crippen molar-refractivity contribution in [2.75, 3.05) is 10.6 Å². The molecule has 0 aliphatic carbocycles. The van der Waals surface area contributed by atoms with Gasteiger partial charge in [0.25, 0.3) is 0 Å². The van der Waals surface area contributed by atoms with Crippen molar-refractivity contribution >= 4 is 28.4 Å². The maximum atomic E-state index is 13.5. The molecule has 0 bridgehead atoms. The van der Waals surface area contributed by atoms with Crippen LogP contribution >= 0.6 is 11.5 Å². The fourth-order valence-electron chi connectivity index (χ4n) is 1.32. The summed E-state index contributed by atoms with van der Waals surface area (Å²) in [5.74, 6) is 0.107. The topological polar surface area (TPSA) is 66.9 Å². The zero-order chi connectivity index (χ0) is 13.1. The number of nitrogens with one attached hydrogen (secondary N) is 2. The number of anilines is 2. The number of aromatic nitrogens is 2. The minimum atomic E-state index is -0.547. The Balaban J connectivity index is 2.03. The molecule has 0 fully saturated rings. The first kappa shape index (κ1) is 12.4. The Morgan fingerprint density at radius 1 is 1.33 bits per heavy atom. The van der Waals surface area contributed by atoms with E-state index in [-0.39, 0.29) is 5.69 Å². The molecule has 2 rings (SSSR count). The predicted molar refractivity (Wildman–Crippen MR) is 68.4 cm³/mol. The quantitative estimate of drug-likeness (QED) is 0.878. The van der Waals surface area contributed by atoms with Crippen LogP contribution in [0.4, 0.5) is 20.0 Å². The molecular weight excluding hydrogens is 255 g/mol. The number of hydrogen-bond donors (Lipinski definition) is 2. The van der Waals surface area contributed by atoms with Crippen molar-refractivity contribution in [3.63, 3.8) is 0 Å². The molecule has 1 aromatic carbocycles. The molecule has 0 unspecified atom stereocenters. The van der Waals surface area contributed by atoms with Gasteiger partial charge in [0.1, 0.15) is 11.6 Å². The molecule has 0 saturated heterocycles. The lowest BCUT2D eigenvalue weighted by molar-refractivity contribution is 0.262. The normalized spacial score (nSPS) is 10.2. The zero-order valence-corrected chi connectivity index (χ0v) is 10.6. The smallest absolute Gasteiger partial charge is 0.305 e. The van der Waals surface area contributed by atoms with Crippen LogP contribution in [0.5, 0.6) is 0 Å². The Hall–Kier alpha value is -2.02. The number of urea groups is 1. The Morgan fingerprint density at radius 3 is 2.72 bits per heavy atom. The number of nitrogens with zero attached hydrogens (tertiary/aromatic N) is 2. The van der Waals surface area contributed by atoms with Crippen LogP contribution in [0.15, 0.2) is 18.2 Å². The summed E-state index contributed by atoms with van der Waals surface area (Å²) in [5, 5.41) is 5.26. The fraction of sp³-hybridized carbons (Fsp3) is 0.182. The largest absolute Gasteiger partial charge is 0.325 e. The van der Waals surface area contributed by atoms with Gasteiger partial charge in [-0.05, 0) is 31.5 Å². The van der Waals surface area contributed by atoms with Crippen molar-refractivity contribution in [3.8, 4) is 0 Å². The molecule has 5 nitrogen and oxygen atoms in total. The average molecular weight is 266 g/mol. The summed E-state index contributed by atoms with van der Waals surface area (Å²) in [6.07, 6.45) is 0. The molecule has 0 atom stereocenters. The second kappa shape index (κ2) is 5.09. The van der Waals surface area contributed by atoms with Gasteiger partial charge in [-0.15, -0.1) is 0 Å². The van der Waals surface area contributed by atoms with Crippen LogP contribution in [0, 0.1) is 19.7 Å². The maximum absolute atomic E-state index is 13.5. The monoisotopic (exact) mass is 266 g/mol. The molecule has 0 aliphatic rings. The summed E-state index contributed by atoms with van der Waals surface area (Å²) in [5.41, 5.74) is 0.914. The van der Waals surface area contributed by atoms with Crippen LogP contribution in [0.1, 0.15) is 11.4 Å². The summed E-state index contributed by atoms with van der Waals surface area (Å²) >= 11 is 1.07. The Morgan fingerprint density at radius 2 is 2.11 bits per heavy atom. The Bertz CT molecular complexity index is 584. The third kappa shape index (κ3) is 3.01. The van der Waals surface area contributed by atoms with Crippen LogP contribution in [0.2, 0.25) is 0 Å². The van der Waals surface area contributed by atoms with Gasteiger partial charge in [0.05, 0.1) is 5.69 Å². The molecule has 2 aromatic rings. The van der Waals surface area contributed by atoms with Crippen molar-refractivity contribution in [3.05, 3.63) is 35.4 Å². The van der Waals surface area contributed by atoms with Gasteiger partial charge in [-0.25, -0.2) is 14.2 Å². The lowest BCUT2D eigenvalue weighted by atomic mass is 10.2. The summed E-state index contributed by atoms with van der Waals surface area (Å²) in [4.78, 5) is 15.5. The highest BCUT2D eigenvalue weighted by Crippen LogP contribution is 2.16. The Kier molecular flexibility index (Phi) is 3.52. The highest BCUT2D eigenvalue weighted by atomic mass is 32.1. The van der Waals surface area contributed by atoms with E-state index in [2.05, 4.69) is 20.0 Å². The third-order valence-corrected chi connectivity index (χ3v) is 2.84. The number of halogens is 1. The van der Waals surface area contributed by atoms with E-state index in [1.165, 1.54) is 12.1 Å². The molecule has 2 N–H and O–H groups in total. The van der Waals surface area contributed by atoms with Crippen molar-refractivity contribution in [2.45, 2.75) is 13.8 Å². The number of rotatable bonds is 2. The van der Waals surface area contributed by atoms with E-state index in [0.29, 0.717) is 11.0 Å². The van der Waals surface area contributed by atoms with Gasteiger partial charge in [0.15, 0.2) is 0 Å². The molecule has 1 aromatic heterocycles. The SMILES string of the molecule is Cc1ccc(NC(=O)Nc2nc(C)ns2)c(F)c1. The number of aryl methyl sites for hydroxylation is 2. The van der Waals surface area contributed by atoms with Crippen LogP contribution in [-0.2, 0) is 0 Å². The van der Waals surface area contributed by atoms with Gasteiger partial charge in [0.2, 0.25) is 5.13 Å². The number of hydrogen-bond acceptors (Lipinski definition) is 4. The lowest BCUT2D eigenvalue weighted by Crippen LogP contribution is -2.20. The minimum Gasteiger partial charge on any atom is -0.305 e. The van der Waals surface area contributed by atoms with E-state index in [1.807, 2.05) is 0 Å². The Labute approximate surface area is 107 Å². The van der Waals surface area contributed by atoms with Gasteiger partial charge in [-0.1, -0.05) is 6.07 Å². The van der Waals surface area contributed by atoms with Gasteiger partial charge in [-0.2, -0.15) is 4.37 Å². The zero-order valence-electron chi connectivity index (χ0n) is 9.82. The first-order valence-corrected chi connectivity index (χ1v) is 5.96. The number of carbonyl (C=O) groups excluding carboxylic acids is 1. The first-order chi connectivity index (χ1) is 8.54. The van der Waals surface area contributed by atoms with Crippen molar-refractivity contribution in [1.29, 1.82) is 0 Å². The van der Waals surface area contributed by atoms with Crippen LogP contribution in [0.25, 0.3) is 0 Å². The first-order valence-electron chi connectivity index (χ1n) is 5.19. The van der Waals surface area contributed by atoms with E-state index in [0.717, 1.165) is 17.1 Å². The van der Waals surface area contributed by atoms with Gasteiger partial charge >= 0.3 is 6.03 Å². The second-order valence-corrected chi connectivity index (χ2v) is 4.46. The molecule has 0 saturated carbocycles. The van der Waals surface area contributed by atoms with Crippen LogP contribution in [0.3, 0.4) is 0 Å². The second-order valence-electron chi connectivity index (χ2n) is 3.71. The highest BCUT2D eigenvalue weighted by Gasteiger charge is 2.09. The van der Waals surface area contributed by atoms with E-state index < -0.39 is 11.8 Å². The number of amides is 2. The molecule has 94 valence electrons. The van der Waals surface area contributed by atoms with E-state index in [9.17, 15) is 9.18 Å². The van der Waals surface area contributed by atoms with Crippen LogP contribution in [-0.4, -0.2) is 15.4 Å².